The minimum absolute atomic E-state index is 0.198. The van der Waals surface area contributed by atoms with Gasteiger partial charge in [-0.2, -0.15) is 0 Å². The van der Waals surface area contributed by atoms with Gasteiger partial charge in [0.1, 0.15) is 0 Å². The monoisotopic (exact) mass is 425 g/mol. The van der Waals surface area contributed by atoms with Gasteiger partial charge >= 0.3 is 0 Å². The van der Waals surface area contributed by atoms with E-state index >= 15 is 0 Å². The van der Waals surface area contributed by atoms with E-state index < -0.39 is 10.0 Å². The van der Waals surface area contributed by atoms with Gasteiger partial charge in [0.15, 0.2) is 5.65 Å². The molecule has 0 fully saturated rings. The topological polar surface area (TPSA) is 78.0 Å². The second-order valence-corrected chi connectivity index (χ2v) is 9.18. The molecule has 0 bridgehead atoms. The number of benzene rings is 2. The van der Waals surface area contributed by atoms with Crippen molar-refractivity contribution in [2.75, 3.05) is 0 Å². The van der Waals surface area contributed by atoms with Crippen LogP contribution in [0, 0.1) is 6.92 Å². The van der Waals surface area contributed by atoms with E-state index in [1.165, 1.54) is 6.20 Å². The smallest absolute Gasteiger partial charge is 0.269 e. The van der Waals surface area contributed by atoms with E-state index in [1.54, 1.807) is 36.5 Å². The number of hydrogen-bond acceptors (Lipinski definition) is 4. The molecule has 29 heavy (non-hydrogen) atoms. The molecular weight excluding hydrogens is 406 g/mol. The van der Waals surface area contributed by atoms with Crippen LogP contribution in [0.4, 0.5) is 0 Å². The highest BCUT2D eigenvalue weighted by molar-refractivity contribution is 7.90. The van der Waals surface area contributed by atoms with Crippen molar-refractivity contribution in [2.45, 2.75) is 24.3 Å². The van der Waals surface area contributed by atoms with Gasteiger partial charge in [-0.1, -0.05) is 59.6 Å². The fraction of sp³-hybridized carbons (Fsp3) is 0.136. The number of aromatic nitrogens is 2. The average molecular weight is 426 g/mol. The number of hydrogen-bond donors (Lipinski definition) is 1. The van der Waals surface area contributed by atoms with Crippen molar-refractivity contribution in [2.24, 2.45) is 5.73 Å². The Morgan fingerprint density at radius 2 is 1.76 bits per heavy atom. The average Bonchev–Trinajstić information content (AvgIpc) is 3.15. The lowest BCUT2D eigenvalue weighted by atomic mass is 10.0. The van der Waals surface area contributed by atoms with E-state index in [0.29, 0.717) is 22.4 Å². The van der Waals surface area contributed by atoms with Crippen LogP contribution in [0.15, 0.2) is 78.0 Å². The minimum Gasteiger partial charge on any atom is -0.324 e. The first-order chi connectivity index (χ1) is 13.9. The van der Waals surface area contributed by atoms with E-state index in [4.69, 9.17) is 17.3 Å². The Hall–Kier alpha value is -2.67. The van der Waals surface area contributed by atoms with Crippen molar-refractivity contribution in [3.8, 4) is 0 Å². The molecule has 148 valence electrons. The van der Waals surface area contributed by atoms with Gasteiger partial charge in [0, 0.05) is 29.4 Å². The van der Waals surface area contributed by atoms with Crippen molar-refractivity contribution in [1.82, 2.24) is 8.96 Å². The second-order valence-electron chi connectivity index (χ2n) is 6.99. The molecule has 0 saturated carbocycles. The van der Waals surface area contributed by atoms with Gasteiger partial charge in [-0.3, -0.25) is 0 Å². The number of fused-ring (bicyclic) bond motifs is 1. The number of rotatable bonds is 5. The maximum absolute atomic E-state index is 13.0. The summed E-state index contributed by atoms with van der Waals surface area (Å²) in [6.45, 7) is 1.91. The van der Waals surface area contributed by atoms with Crippen LogP contribution in [0.1, 0.15) is 22.7 Å². The van der Waals surface area contributed by atoms with Crippen molar-refractivity contribution in [1.29, 1.82) is 0 Å². The summed E-state index contributed by atoms with van der Waals surface area (Å²) < 4.78 is 27.3. The van der Waals surface area contributed by atoms with Gasteiger partial charge in [-0.05, 0) is 37.1 Å². The van der Waals surface area contributed by atoms with Gasteiger partial charge in [0.25, 0.3) is 10.0 Å². The molecule has 2 heterocycles. The highest BCUT2D eigenvalue weighted by Gasteiger charge is 2.22. The third-order valence-electron chi connectivity index (χ3n) is 4.92. The lowest BCUT2D eigenvalue weighted by Gasteiger charge is -2.14. The van der Waals surface area contributed by atoms with E-state index in [-0.39, 0.29) is 16.6 Å². The molecule has 1 atom stereocenters. The number of pyridine rings is 1. The summed E-state index contributed by atoms with van der Waals surface area (Å²) in [6.07, 6.45) is 3.65. The lowest BCUT2D eigenvalue weighted by Crippen LogP contribution is -2.15. The molecular formula is C22H20ClN3O2S. The molecule has 0 aliphatic heterocycles. The van der Waals surface area contributed by atoms with Crippen LogP contribution >= 0.6 is 11.6 Å². The zero-order valence-electron chi connectivity index (χ0n) is 15.8. The second kappa shape index (κ2) is 7.63. The van der Waals surface area contributed by atoms with Gasteiger partial charge in [-0.15, -0.1) is 0 Å². The first kappa shape index (κ1) is 19.6. The number of halogens is 1. The van der Waals surface area contributed by atoms with E-state index in [1.807, 2.05) is 37.3 Å². The number of nitrogens with two attached hydrogens (primary N) is 1. The number of aryl methyl sites for hydroxylation is 1. The molecule has 2 aromatic carbocycles. The van der Waals surface area contributed by atoms with Crippen LogP contribution in [0.25, 0.3) is 11.0 Å². The summed E-state index contributed by atoms with van der Waals surface area (Å²) in [6, 6.07) is 17.9. The SMILES string of the molecule is Cc1ccc(S(=O)(=O)n2ccc3c(Cl)c(C(N)Cc4ccccc4)cnc32)cc1. The van der Waals surface area contributed by atoms with Crippen LogP contribution in [0.3, 0.4) is 0 Å². The predicted molar refractivity (Wildman–Crippen MR) is 116 cm³/mol. The molecule has 0 radical (unpaired) electrons. The summed E-state index contributed by atoms with van der Waals surface area (Å²) >= 11 is 6.60. The largest absolute Gasteiger partial charge is 0.324 e. The Balaban J connectivity index is 1.73. The highest BCUT2D eigenvalue weighted by Crippen LogP contribution is 2.32. The Labute approximate surface area is 174 Å². The Morgan fingerprint density at radius 3 is 2.45 bits per heavy atom. The van der Waals surface area contributed by atoms with Crippen molar-refractivity contribution < 1.29 is 8.42 Å². The zero-order chi connectivity index (χ0) is 20.6. The molecule has 0 saturated heterocycles. The summed E-state index contributed by atoms with van der Waals surface area (Å²) in [5.74, 6) is 0. The quantitative estimate of drug-likeness (QED) is 0.511. The van der Waals surface area contributed by atoms with Gasteiger partial charge < -0.3 is 5.73 Å². The van der Waals surface area contributed by atoms with Crippen molar-refractivity contribution >= 4 is 32.7 Å². The summed E-state index contributed by atoms with van der Waals surface area (Å²) in [4.78, 5) is 4.59. The Morgan fingerprint density at radius 1 is 1.07 bits per heavy atom. The molecule has 5 nitrogen and oxygen atoms in total. The molecule has 2 N–H and O–H groups in total. The van der Waals surface area contributed by atoms with Crippen LogP contribution in [0.5, 0.6) is 0 Å². The van der Waals surface area contributed by atoms with Crippen LogP contribution in [-0.2, 0) is 16.4 Å². The van der Waals surface area contributed by atoms with Crippen LogP contribution in [-0.4, -0.2) is 17.4 Å². The van der Waals surface area contributed by atoms with Crippen LogP contribution < -0.4 is 5.73 Å². The molecule has 2 aromatic heterocycles. The van der Waals surface area contributed by atoms with E-state index in [0.717, 1.165) is 15.1 Å². The summed E-state index contributed by atoms with van der Waals surface area (Å²) in [5.41, 5.74) is 9.42. The molecule has 0 spiro atoms. The van der Waals surface area contributed by atoms with Gasteiger partial charge in [-0.25, -0.2) is 17.4 Å². The maximum Gasteiger partial charge on any atom is 0.269 e. The van der Waals surface area contributed by atoms with E-state index in [2.05, 4.69) is 4.98 Å². The molecule has 0 amide bonds. The molecule has 7 heteroatoms. The molecule has 4 rings (SSSR count). The van der Waals surface area contributed by atoms with Gasteiger partial charge in [0.05, 0.1) is 9.92 Å². The standard InChI is InChI=1S/C22H20ClN3O2S/c1-15-7-9-17(10-8-15)29(27,28)26-12-11-18-21(23)19(14-25-22(18)26)20(24)13-16-5-3-2-4-6-16/h2-12,14,20H,13,24H2,1H3. The van der Waals surface area contributed by atoms with Crippen LogP contribution in [0.2, 0.25) is 5.02 Å². The third-order valence-corrected chi connectivity index (χ3v) is 7.02. The molecule has 4 aromatic rings. The van der Waals surface area contributed by atoms with Gasteiger partial charge in [0.2, 0.25) is 0 Å². The minimum atomic E-state index is -3.77. The Bertz CT molecular complexity index is 1270. The number of nitrogens with zero attached hydrogens (tertiary/aromatic N) is 2. The zero-order valence-corrected chi connectivity index (χ0v) is 17.4. The Kier molecular flexibility index (Phi) is 5.17. The lowest BCUT2D eigenvalue weighted by molar-refractivity contribution is 0.588. The molecule has 0 aliphatic carbocycles. The first-order valence-electron chi connectivity index (χ1n) is 9.15. The predicted octanol–water partition coefficient (Wildman–Crippen LogP) is 4.48. The van der Waals surface area contributed by atoms with E-state index in [9.17, 15) is 8.42 Å². The highest BCUT2D eigenvalue weighted by atomic mass is 35.5. The first-order valence-corrected chi connectivity index (χ1v) is 11.0. The molecule has 1 unspecified atom stereocenters. The normalized spacial score (nSPS) is 12.9. The fourth-order valence-corrected chi connectivity index (χ4v) is 4.94. The third kappa shape index (κ3) is 3.67. The molecule has 0 aliphatic rings. The van der Waals surface area contributed by atoms with Crippen molar-refractivity contribution in [3.63, 3.8) is 0 Å². The van der Waals surface area contributed by atoms with Crippen molar-refractivity contribution in [3.05, 3.63) is 94.8 Å². The fourth-order valence-electron chi connectivity index (χ4n) is 3.30. The maximum atomic E-state index is 13.0. The summed E-state index contributed by atoms with van der Waals surface area (Å²) in [5, 5.41) is 0.986. The summed E-state index contributed by atoms with van der Waals surface area (Å²) in [7, 11) is -3.77.